The van der Waals surface area contributed by atoms with Gasteiger partial charge in [0.25, 0.3) is 5.91 Å². The molecular weight excluding hydrogens is 343 g/mol. The van der Waals surface area contributed by atoms with Crippen LogP contribution in [0.3, 0.4) is 0 Å². The number of thiazole rings is 1. The number of rotatable bonds is 3. The Morgan fingerprint density at radius 1 is 1.12 bits per heavy atom. The minimum Gasteiger partial charge on any atom is -0.319 e. The summed E-state index contributed by atoms with van der Waals surface area (Å²) in [5, 5.41) is 2.44. The Hall–Kier alpha value is -2.88. The van der Waals surface area contributed by atoms with E-state index in [2.05, 4.69) is 25.3 Å². The van der Waals surface area contributed by atoms with Gasteiger partial charge in [-0.3, -0.25) is 9.78 Å². The lowest BCUT2D eigenvalue weighted by Crippen LogP contribution is -2.15. The monoisotopic (exact) mass is 351 g/mol. The molecule has 6 nitrogen and oxygen atoms in total. The van der Waals surface area contributed by atoms with Gasteiger partial charge in [-0.15, -0.1) is 11.3 Å². The lowest BCUT2D eigenvalue weighted by molar-refractivity contribution is -0.141. The van der Waals surface area contributed by atoms with Crippen molar-refractivity contribution in [2.45, 2.75) is 6.18 Å². The lowest BCUT2D eigenvalue weighted by Gasteiger charge is -2.08. The van der Waals surface area contributed by atoms with Crippen LogP contribution in [0.5, 0.6) is 0 Å². The van der Waals surface area contributed by atoms with Gasteiger partial charge in [0.2, 0.25) is 0 Å². The molecule has 0 aliphatic rings. The van der Waals surface area contributed by atoms with Crippen LogP contribution in [0.15, 0.2) is 42.3 Å². The number of hydrogen-bond acceptors (Lipinski definition) is 6. The highest BCUT2D eigenvalue weighted by molar-refractivity contribution is 7.13. The van der Waals surface area contributed by atoms with Gasteiger partial charge < -0.3 is 5.32 Å². The van der Waals surface area contributed by atoms with E-state index in [9.17, 15) is 18.0 Å². The fourth-order valence-electron chi connectivity index (χ4n) is 1.76. The minimum absolute atomic E-state index is 0.0771. The summed E-state index contributed by atoms with van der Waals surface area (Å²) in [6, 6.07) is 3.31. The van der Waals surface area contributed by atoms with E-state index in [-0.39, 0.29) is 11.4 Å². The molecular formula is C14H8F3N5OS. The largest absolute Gasteiger partial charge is 0.433 e. The highest BCUT2D eigenvalue weighted by Gasteiger charge is 2.32. The number of amides is 1. The lowest BCUT2D eigenvalue weighted by atomic mass is 10.3. The van der Waals surface area contributed by atoms with E-state index >= 15 is 0 Å². The zero-order valence-corrected chi connectivity index (χ0v) is 12.6. The van der Waals surface area contributed by atoms with Crippen molar-refractivity contribution in [2.75, 3.05) is 5.32 Å². The molecule has 3 rings (SSSR count). The fourth-order valence-corrected chi connectivity index (χ4v) is 2.32. The second-order valence-electron chi connectivity index (χ2n) is 4.52. The van der Waals surface area contributed by atoms with Gasteiger partial charge in [0, 0.05) is 12.4 Å². The summed E-state index contributed by atoms with van der Waals surface area (Å²) in [7, 11) is 0. The van der Waals surface area contributed by atoms with Gasteiger partial charge in [-0.25, -0.2) is 15.0 Å². The van der Waals surface area contributed by atoms with Gasteiger partial charge in [0.1, 0.15) is 11.4 Å². The average molecular weight is 351 g/mol. The van der Waals surface area contributed by atoms with E-state index in [1.54, 1.807) is 11.7 Å². The Morgan fingerprint density at radius 2 is 1.96 bits per heavy atom. The number of carbonyl (C=O) groups excluding carboxylic acids is 1. The Morgan fingerprint density at radius 3 is 2.58 bits per heavy atom. The molecule has 0 spiro atoms. The Bertz CT molecular complexity index is 850. The first-order valence-electron chi connectivity index (χ1n) is 6.50. The van der Waals surface area contributed by atoms with Gasteiger partial charge in [0.15, 0.2) is 5.82 Å². The van der Waals surface area contributed by atoms with Gasteiger partial charge in [-0.1, -0.05) is 0 Å². The van der Waals surface area contributed by atoms with E-state index in [0.717, 1.165) is 18.3 Å². The first-order valence-corrected chi connectivity index (χ1v) is 7.38. The number of hydrogen-bond donors (Lipinski definition) is 1. The summed E-state index contributed by atoms with van der Waals surface area (Å²) in [5.74, 6) is -0.236. The normalized spacial score (nSPS) is 11.3. The van der Waals surface area contributed by atoms with E-state index < -0.39 is 17.8 Å². The Labute approximate surface area is 137 Å². The summed E-state index contributed by atoms with van der Waals surface area (Å²) < 4.78 is 37.4. The number of nitrogens with zero attached hydrogens (tertiary/aromatic N) is 4. The van der Waals surface area contributed by atoms with E-state index in [4.69, 9.17) is 0 Å². The number of carbonyl (C=O) groups is 1. The molecule has 3 aromatic rings. The molecule has 0 fully saturated rings. The standard InChI is InChI=1S/C14H8F3N5OS/c15-14(16,17)11-2-1-8(5-20-11)21-13(23)9-3-4-19-12(22-9)10-6-18-7-24-10/h1-7H,(H,21,23). The second kappa shape index (κ2) is 6.32. The molecule has 0 saturated carbocycles. The zero-order valence-electron chi connectivity index (χ0n) is 11.8. The summed E-state index contributed by atoms with van der Waals surface area (Å²) in [4.78, 5) is 28.2. The maximum absolute atomic E-state index is 12.5. The molecule has 0 unspecified atom stereocenters. The highest BCUT2D eigenvalue weighted by atomic mass is 32.1. The van der Waals surface area contributed by atoms with Crippen molar-refractivity contribution in [3.05, 3.63) is 53.7 Å². The van der Waals surface area contributed by atoms with Crippen LogP contribution in [-0.4, -0.2) is 25.8 Å². The predicted molar refractivity (Wildman–Crippen MR) is 80.3 cm³/mol. The molecule has 0 radical (unpaired) electrons. The van der Waals surface area contributed by atoms with Crippen molar-refractivity contribution in [1.82, 2.24) is 19.9 Å². The molecule has 24 heavy (non-hydrogen) atoms. The first kappa shape index (κ1) is 16.0. The van der Waals surface area contributed by atoms with Gasteiger partial charge >= 0.3 is 6.18 Å². The third-order valence-electron chi connectivity index (χ3n) is 2.85. The first-order chi connectivity index (χ1) is 11.4. The average Bonchev–Trinajstić information content (AvgIpc) is 3.09. The smallest absolute Gasteiger partial charge is 0.319 e. The van der Waals surface area contributed by atoms with Crippen molar-refractivity contribution < 1.29 is 18.0 Å². The molecule has 10 heteroatoms. The van der Waals surface area contributed by atoms with Gasteiger partial charge in [-0.05, 0) is 18.2 Å². The van der Waals surface area contributed by atoms with Crippen LogP contribution in [0, 0.1) is 0 Å². The van der Waals surface area contributed by atoms with Crippen molar-refractivity contribution >= 4 is 22.9 Å². The topological polar surface area (TPSA) is 80.7 Å². The van der Waals surface area contributed by atoms with Crippen LogP contribution in [0.1, 0.15) is 16.2 Å². The van der Waals surface area contributed by atoms with Crippen LogP contribution >= 0.6 is 11.3 Å². The summed E-state index contributed by atoms with van der Waals surface area (Å²) in [5.41, 5.74) is 0.786. The van der Waals surface area contributed by atoms with Crippen LogP contribution in [0.25, 0.3) is 10.7 Å². The highest BCUT2D eigenvalue weighted by Crippen LogP contribution is 2.27. The van der Waals surface area contributed by atoms with E-state index in [1.165, 1.54) is 23.6 Å². The molecule has 1 N–H and O–H groups in total. The Balaban J connectivity index is 1.77. The molecule has 0 aliphatic heterocycles. The summed E-state index contributed by atoms with van der Waals surface area (Å²) in [6.45, 7) is 0. The van der Waals surface area contributed by atoms with Gasteiger partial charge in [0.05, 0.1) is 22.3 Å². The number of pyridine rings is 1. The molecule has 0 aliphatic carbocycles. The molecule has 0 aromatic carbocycles. The molecule has 122 valence electrons. The number of aromatic nitrogens is 4. The predicted octanol–water partition coefficient (Wildman–Crippen LogP) is 3.27. The Kier molecular flexibility index (Phi) is 4.21. The molecule has 1 amide bonds. The van der Waals surface area contributed by atoms with Crippen LogP contribution in [0.4, 0.5) is 18.9 Å². The molecule has 0 atom stereocenters. The summed E-state index contributed by atoms with van der Waals surface area (Å²) in [6.07, 6.45) is -0.603. The van der Waals surface area contributed by atoms with E-state index in [1.807, 2.05) is 0 Å². The zero-order chi connectivity index (χ0) is 17.2. The molecule has 0 bridgehead atoms. The van der Waals surface area contributed by atoms with Crippen molar-refractivity contribution in [1.29, 1.82) is 0 Å². The third kappa shape index (κ3) is 3.54. The van der Waals surface area contributed by atoms with Crippen LogP contribution < -0.4 is 5.32 Å². The van der Waals surface area contributed by atoms with Crippen molar-refractivity contribution in [2.24, 2.45) is 0 Å². The third-order valence-corrected chi connectivity index (χ3v) is 3.62. The quantitative estimate of drug-likeness (QED) is 0.783. The SMILES string of the molecule is O=C(Nc1ccc(C(F)(F)F)nc1)c1ccnc(-c2cncs2)n1. The van der Waals surface area contributed by atoms with Crippen molar-refractivity contribution in [3.8, 4) is 10.7 Å². The molecule has 0 saturated heterocycles. The fraction of sp³-hybridized carbons (Fsp3) is 0.0714. The maximum atomic E-state index is 12.5. The van der Waals surface area contributed by atoms with Crippen LogP contribution in [-0.2, 0) is 6.18 Å². The number of nitrogens with one attached hydrogen (secondary N) is 1. The number of anilines is 1. The number of halogens is 3. The van der Waals surface area contributed by atoms with Gasteiger partial charge in [-0.2, -0.15) is 13.2 Å². The molecule has 3 aromatic heterocycles. The number of alkyl halides is 3. The van der Waals surface area contributed by atoms with Crippen molar-refractivity contribution in [3.63, 3.8) is 0 Å². The van der Waals surface area contributed by atoms with E-state index in [0.29, 0.717) is 10.7 Å². The minimum atomic E-state index is -4.53. The molecule has 3 heterocycles. The van der Waals surface area contributed by atoms with Crippen LogP contribution in [0.2, 0.25) is 0 Å². The summed E-state index contributed by atoms with van der Waals surface area (Å²) >= 11 is 1.32. The second-order valence-corrected chi connectivity index (χ2v) is 5.40. The maximum Gasteiger partial charge on any atom is 0.433 e.